The number of hydrogen-bond donors (Lipinski definition) is 1. The lowest BCUT2D eigenvalue weighted by Gasteiger charge is -2.31. The van der Waals surface area contributed by atoms with Gasteiger partial charge in [0.2, 0.25) is 0 Å². The van der Waals surface area contributed by atoms with Gasteiger partial charge in [0.25, 0.3) is 0 Å². The van der Waals surface area contributed by atoms with Gasteiger partial charge in [0.1, 0.15) is 6.61 Å². The molecule has 0 aromatic carbocycles. The first-order valence-corrected chi connectivity index (χ1v) is 3.15. The molecule has 0 radical (unpaired) electrons. The highest BCUT2D eigenvalue weighted by Gasteiger charge is 2.28. The molecule has 0 aromatic heterocycles. The van der Waals surface area contributed by atoms with E-state index in [0.717, 1.165) is 0 Å². The summed E-state index contributed by atoms with van der Waals surface area (Å²) in [5, 5.41) is 8.62. The predicted molar refractivity (Wildman–Crippen MR) is 32.1 cm³/mol. The SMILES string of the molecule is CC(=O)OC[C@@H]1CC(O)O1. The number of esters is 1. The van der Waals surface area contributed by atoms with Gasteiger partial charge in [-0.2, -0.15) is 0 Å². The minimum atomic E-state index is -0.652. The average Bonchev–Trinajstić information content (AvgIpc) is 1.77. The molecule has 1 fully saturated rings. The quantitative estimate of drug-likeness (QED) is 0.541. The molecule has 1 N–H and O–H groups in total. The van der Waals surface area contributed by atoms with Crippen molar-refractivity contribution >= 4 is 5.97 Å². The van der Waals surface area contributed by atoms with Gasteiger partial charge in [-0.05, 0) is 0 Å². The lowest BCUT2D eigenvalue weighted by Crippen LogP contribution is -2.40. The summed E-state index contributed by atoms with van der Waals surface area (Å²) in [7, 11) is 0. The van der Waals surface area contributed by atoms with Crippen LogP contribution in [0.4, 0.5) is 0 Å². The van der Waals surface area contributed by atoms with E-state index >= 15 is 0 Å². The molecule has 4 nitrogen and oxygen atoms in total. The molecule has 0 spiro atoms. The van der Waals surface area contributed by atoms with E-state index in [-0.39, 0.29) is 18.7 Å². The number of ether oxygens (including phenoxy) is 2. The van der Waals surface area contributed by atoms with Crippen molar-refractivity contribution in [1.82, 2.24) is 0 Å². The number of aliphatic hydroxyl groups excluding tert-OH is 1. The summed E-state index contributed by atoms with van der Waals surface area (Å²) < 4.78 is 9.39. The zero-order valence-electron chi connectivity index (χ0n) is 5.74. The van der Waals surface area contributed by atoms with Crippen molar-refractivity contribution in [3.63, 3.8) is 0 Å². The maximum Gasteiger partial charge on any atom is 0.302 e. The molecule has 1 saturated heterocycles. The van der Waals surface area contributed by atoms with Gasteiger partial charge in [-0.3, -0.25) is 4.79 Å². The average molecular weight is 146 g/mol. The Hall–Kier alpha value is -0.610. The van der Waals surface area contributed by atoms with Crippen LogP contribution in [0.25, 0.3) is 0 Å². The molecule has 0 aliphatic carbocycles. The molecule has 0 saturated carbocycles. The zero-order valence-corrected chi connectivity index (χ0v) is 5.74. The zero-order chi connectivity index (χ0) is 7.56. The van der Waals surface area contributed by atoms with Crippen molar-refractivity contribution in [2.24, 2.45) is 0 Å². The first kappa shape index (κ1) is 7.50. The second kappa shape index (κ2) is 2.98. The van der Waals surface area contributed by atoms with Crippen molar-refractivity contribution in [3.05, 3.63) is 0 Å². The minimum Gasteiger partial charge on any atom is -0.463 e. The molecule has 2 atom stereocenters. The van der Waals surface area contributed by atoms with Crippen LogP contribution >= 0.6 is 0 Å². The van der Waals surface area contributed by atoms with Crippen LogP contribution in [0.5, 0.6) is 0 Å². The molecule has 0 bridgehead atoms. The lowest BCUT2D eigenvalue weighted by molar-refractivity contribution is -0.243. The molecule has 1 unspecified atom stereocenters. The number of rotatable bonds is 2. The molecular formula is C6H10O4. The Balaban J connectivity index is 2.00. The van der Waals surface area contributed by atoms with E-state index in [2.05, 4.69) is 4.74 Å². The molecule has 1 heterocycles. The normalized spacial score (nSPS) is 31.0. The first-order valence-electron chi connectivity index (χ1n) is 3.15. The molecule has 1 rings (SSSR count). The van der Waals surface area contributed by atoms with Crippen LogP contribution in [0.1, 0.15) is 13.3 Å². The van der Waals surface area contributed by atoms with Gasteiger partial charge in [-0.25, -0.2) is 0 Å². The third-order valence-electron chi connectivity index (χ3n) is 1.29. The van der Waals surface area contributed by atoms with Crippen LogP contribution in [0, 0.1) is 0 Å². The van der Waals surface area contributed by atoms with Crippen molar-refractivity contribution in [2.45, 2.75) is 25.7 Å². The van der Waals surface area contributed by atoms with E-state index in [1.165, 1.54) is 6.92 Å². The van der Waals surface area contributed by atoms with E-state index in [0.29, 0.717) is 6.42 Å². The van der Waals surface area contributed by atoms with Crippen molar-refractivity contribution in [2.75, 3.05) is 6.61 Å². The van der Waals surface area contributed by atoms with Gasteiger partial charge >= 0.3 is 5.97 Å². The Bertz CT molecular complexity index is 128. The van der Waals surface area contributed by atoms with Crippen molar-refractivity contribution in [1.29, 1.82) is 0 Å². The summed E-state index contributed by atoms with van der Waals surface area (Å²) in [6.45, 7) is 1.60. The van der Waals surface area contributed by atoms with Gasteiger partial charge in [0.15, 0.2) is 6.29 Å². The highest BCUT2D eigenvalue weighted by Crippen LogP contribution is 2.17. The minimum absolute atomic E-state index is 0.0982. The van der Waals surface area contributed by atoms with E-state index in [4.69, 9.17) is 9.84 Å². The van der Waals surface area contributed by atoms with Gasteiger partial charge in [0, 0.05) is 13.3 Å². The third kappa shape index (κ3) is 1.97. The van der Waals surface area contributed by atoms with Crippen LogP contribution in [-0.4, -0.2) is 30.1 Å². The molecule has 1 aliphatic heterocycles. The fraction of sp³-hybridized carbons (Fsp3) is 0.833. The number of aliphatic hydroxyl groups is 1. The van der Waals surface area contributed by atoms with Crippen molar-refractivity contribution < 1.29 is 19.4 Å². The topological polar surface area (TPSA) is 55.8 Å². The molecule has 1 aliphatic rings. The monoisotopic (exact) mass is 146 g/mol. The molecule has 4 heteroatoms. The molecule has 0 aromatic rings. The van der Waals surface area contributed by atoms with Gasteiger partial charge in [0.05, 0.1) is 6.10 Å². The highest BCUT2D eigenvalue weighted by atomic mass is 16.6. The second-order valence-electron chi connectivity index (χ2n) is 2.25. The van der Waals surface area contributed by atoms with Gasteiger partial charge in [-0.15, -0.1) is 0 Å². The molecule has 10 heavy (non-hydrogen) atoms. The third-order valence-corrected chi connectivity index (χ3v) is 1.29. The maximum absolute atomic E-state index is 10.2. The smallest absolute Gasteiger partial charge is 0.302 e. The maximum atomic E-state index is 10.2. The fourth-order valence-electron chi connectivity index (χ4n) is 0.754. The molecular weight excluding hydrogens is 136 g/mol. The Kier molecular flexibility index (Phi) is 2.24. The molecule has 58 valence electrons. The number of carbonyl (C=O) groups excluding carboxylic acids is 1. The summed E-state index contributed by atoms with van der Waals surface area (Å²) >= 11 is 0. The van der Waals surface area contributed by atoms with E-state index in [1.54, 1.807) is 0 Å². The van der Waals surface area contributed by atoms with Crippen LogP contribution in [0.2, 0.25) is 0 Å². The highest BCUT2D eigenvalue weighted by molar-refractivity contribution is 5.65. The standard InChI is InChI=1S/C6H10O4/c1-4(7)9-3-5-2-6(8)10-5/h5-6,8H,2-3H2,1H3/t5-,6?/m0/s1. The van der Waals surface area contributed by atoms with Gasteiger partial charge < -0.3 is 14.6 Å². The van der Waals surface area contributed by atoms with Crippen LogP contribution < -0.4 is 0 Å². The number of hydrogen-bond acceptors (Lipinski definition) is 4. The Morgan fingerprint density at radius 1 is 1.90 bits per heavy atom. The van der Waals surface area contributed by atoms with E-state index in [1.807, 2.05) is 0 Å². The summed E-state index contributed by atoms with van der Waals surface area (Å²) in [6.07, 6.45) is -0.188. The van der Waals surface area contributed by atoms with Crippen LogP contribution in [0.15, 0.2) is 0 Å². The molecule has 0 amide bonds. The lowest BCUT2D eigenvalue weighted by atomic mass is 10.2. The Morgan fingerprint density at radius 3 is 2.90 bits per heavy atom. The van der Waals surface area contributed by atoms with Crippen LogP contribution in [0.3, 0.4) is 0 Å². The van der Waals surface area contributed by atoms with Crippen molar-refractivity contribution in [3.8, 4) is 0 Å². The second-order valence-corrected chi connectivity index (χ2v) is 2.25. The predicted octanol–water partition coefficient (Wildman–Crippen LogP) is -0.343. The van der Waals surface area contributed by atoms with E-state index in [9.17, 15) is 4.79 Å². The van der Waals surface area contributed by atoms with Gasteiger partial charge in [-0.1, -0.05) is 0 Å². The first-order chi connectivity index (χ1) is 4.68. The fourth-order valence-corrected chi connectivity index (χ4v) is 0.754. The number of carbonyl (C=O) groups is 1. The summed E-state index contributed by atoms with van der Waals surface area (Å²) in [5.74, 6) is -0.315. The van der Waals surface area contributed by atoms with E-state index < -0.39 is 6.29 Å². The summed E-state index contributed by atoms with van der Waals surface area (Å²) in [6, 6.07) is 0. The summed E-state index contributed by atoms with van der Waals surface area (Å²) in [4.78, 5) is 10.2. The largest absolute Gasteiger partial charge is 0.463 e. The Morgan fingerprint density at radius 2 is 2.50 bits per heavy atom. The summed E-state index contributed by atoms with van der Waals surface area (Å²) in [5.41, 5.74) is 0. The van der Waals surface area contributed by atoms with Crippen LogP contribution in [-0.2, 0) is 14.3 Å². The Labute approximate surface area is 58.7 Å².